The summed E-state index contributed by atoms with van der Waals surface area (Å²) in [7, 11) is 3.01. The van der Waals surface area contributed by atoms with Crippen molar-refractivity contribution in [1.29, 1.82) is 0 Å². The number of imide groups is 1. The molecule has 0 saturated carbocycles. The molecule has 2 aromatic carbocycles. The zero-order valence-electron chi connectivity index (χ0n) is 17.6. The first-order chi connectivity index (χ1) is 14.3. The van der Waals surface area contributed by atoms with Gasteiger partial charge in [-0.05, 0) is 31.0 Å². The lowest BCUT2D eigenvalue weighted by Gasteiger charge is -2.33. The predicted molar refractivity (Wildman–Crippen MR) is 110 cm³/mol. The number of methoxy groups -OCH3 is 2. The molecule has 160 valence electrons. The van der Waals surface area contributed by atoms with E-state index in [1.54, 1.807) is 25.1 Å². The summed E-state index contributed by atoms with van der Waals surface area (Å²) in [6.07, 6.45) is -0.204. The number of ether oxygens (including phenoxy) is 3. The molecule has 0 bridgehead atoms. The van der Waals surface area contributed by atoms with Crippen LogP contribution < -0.4 is 9.47 Å². The van der Waals surface area contributed by atoms with Gasteiger partial charge in [0.15, 0.2) is 0 Å². The van der Waals surface area contributed by atoms with Gasteiger partial charge in [0.05, 0.1) is 26.2 Å². The molecule has 1 fully saturated rings. The van der Waals surface area contributed by atoms with Crippen LogP contribution in [0, 0.1) is 5.92 Å². The minimum atomic E-state index is -1.59. The summed E-state index contributed by atoms with van der Waals surface area (Å²) in [5, 5.41) is 11.3. The maximum absolute atomic E-state index is 13.3. The Bertz CT molecular complexity index is 911. The molecule has 7 nitrogen and oxygen atoms in total. The van der Waals surface area contributed by atoms with Crippen molar-refractivity contribution in [2.75, 3.05) is 20.8 Å². The lowest BCUT2D eigenvalue weighted by Crippen LogP contribution is -2.48. The summed E-state index contributed by atoms with van der Waals surface area (Å²) in [6, 6.07) is 14.2. The van der Waals surface area contributed by atoms with E-state index in [1.807, 2.05) is 30.3 Å². The fourth-order valence-electron chi connectivity index (χ4n) is 3.67. The maximum atomic E-state index is 13.3. The number of aliphatic hydroxyl groups is 1. The van der Waals surface area contributed by atoms with E-state index in [-0.39, 0.29) is 6.61 Å². The van der Waals surface area contributed by atoms with Gasteiger partial charge in [0, 0.05) is 11.6 Å². The average molecular weight is 413 g/mol. The van der Waals surface area contributed by atoms with E-state index < -0.39 is 29.6 Å². The monoisotopic (exact) mass is 413 g/mol. The fourth-order valence-corrected chi connectivity index (χ4v) is 3.67. The number of rotatable bonds is 7. The molecular formula is C23H27NO6. The normalized spacial score (nSPS) is 19.0. The van der Waals surface area contributed by atoms with Gasteiger partial charge in [0.2, 0.25) is 5.91 Å². The summed E-state index contributed by atoms with van der Waals surface area (Å²) in [5.74, 6) is -0.467. The van der Waals surface area contributed by atoms with Crippen LogP contribution in [0.15, 0.2) is 48.5 Å². The number of carbonyl (C=O) groups is 2. The summed E-state index contributed by atoms with van der Waals surface area (Å²) in [6.45, 7) is 3.25. The van der Waals surface area contributed by atoms with Gasteiger partial charge in [0.25, 0.3) is 0 Å². The Morgan fingerprint density at radius 2 is 1.93 bits per heavy atom. The molecule has 0 radical (unpaired) electrons. The van der Waals surface area contributed by atoms with Gasteiger partial charge in [-0.3, -0.25) is 4.79 Å². The number of amides is 2. The first kappa shape index (κ1) is 21.6. The quantitative estimate of drug-likeness (QED) is 0.751. The summed E-state index contributed by atoms with van der Waals surface area (Å²) in [4.78, 5) is 26.8. The molecule has 1 saturated heterocycles. The molecule has 30 heavy (non-hydrogen) atoms. The Morgan fingerprint density at radius 1 is 1.23 bits per heavy atom. The molecule has 2 aromatic rings. The van der Waals surface area contributed by atoms with Gasteiger partial charge in [-0.25, -0.2) is 9.69 Å². The molecule has 0 aliphatic carbocycles. The van der Waals surface area contributed by atoms with Crippen molar-refractivity contribution < 1.29 is 28.9 Å². The highest BCUT2D eigenvalue weighted by atomic mass is 16.6. The Labute approximate surface area is 176 Å². The second-order valence-corrected chi connectivity index (χ2v) is 7.56. The largest absolute Gasteiger partial charge is 0.497 e. The Hall–Kier alpha value is -3.06. The molecule has 0 aromatic heterocycles. The van der Waals surface area contributed by atoms with Crippen molar-refractivity contribution in [3.05, 3.63) is 59.7 Å². The van der Waals surface area contributed by atoms with Gasteiger partial charge >= 0.3 is 6.09 Å². The van der Waals surface area contributed by atoms with E-state index in [0.29, 0.717) is 23.5 Å². The topological polar surface area (TPSA) is 85.3 Å². The molecule has 3 rings (SSSR count). The first-order valence-electron chi connectivity index (χ1n) is 9.78. The number of carbonyl (C=O) groups excluding carboxylic acids is 2. The Morgan fingerprint density at radius 3 is 2.57 bits per heavy atom. The fraction of sp³-hybridized carbons (Fsp3) is 0.391. The van der Waals surface area contributed by atoms with Crippen molar-refractivity contribution in [2.24, 2.45) is 5.92 Å². The second kappa shape index (κ2) is 8.75. The lowest BCUT2D eigenvalue weighted by atomic mass is 9.82. The minimum Gasteiger partial charge on any atom is -0.497 e. The van der Waals surface area contributed by atoms with Crippen molar-refractivity contribution in [3.63, 3.8) is 0 Å². The standard InChI is InChI=1S/C23H27NO6/c1-15(23(2,27)19-11-10-18(28-3)13-20(19)29-4)21(25)24-17(14-30-22(24)26)12-16-8-6-5-7-9-16/h5-11,13,15,17,27H,12,14H2,1-4H3/t15-,17-,23+/m0/s1. The number of benzene rings is 2. The molecule has 1 N–H and O–H groups in total. The summed E-state index contributed by atoms with van der Waals surface area (Å²) < 4.78 is 15.8. The molecule has 1 aliphatic heterocycles. The number of cyclic esters (lactones) is 1. The van der Waals surface area contributed by atoms with Crippen LogP contribution in [0.2, 0.25) is 0 Å². The molecule has 0 spiro atoms. The van der Waals surface area contributed by atoms with Crippen LogP contribution in [-0.2, 0) is 21.6 Å². The van der Waals surface area contributed by atoms with Crippen molar-refractivity contribution in [3.8, 4) is 11.5 Å². The SMILES string of the molecule is COc1ccc([C@](C)(O)[C@@H](C)C(=O)N2C(=O)OC[C@@H]2Cc2ccccc2)c(OC)c1. The number of nitrogens with zero attached hydrogens (tertiary/aromatic N) is 1. The van der Waals surface area contributed by atoms with Crippen LogP contribution in [0.25, 0.3) is 0 Å². The molecule has 2 amide bonds. The third kappa shape index (κ3) is 4.11. The highest BCUT2D eigenvalue weighted by Crippen LogP contribution is 2.39. The molecular weight excluding hydrogens is 386 g/mol. The van der Waals surface area contributed by atoms with Crippen LogP contribution in [0.4, 0.5) is 4.79 Å². The molecule has 1 aliphatic rings. The van der Waals surface area contributed by atoms with E-state index in [2.05, 4.69) is 0 Å². The van der Waals surface area contributed by atoms with Crippen LogP contribution in [-0.4, -0.2) is 48.9 Å². The van der Waals surface area contributed by atoms with Gasteiger partial charge < -0.3 is 19.3 Å². The predicted octanol–water partition coefficient (Wildman–Crippen LogP) is 3.14. The van der Waals surface area contributed by atoms with Crippen LogP contribution >= 0.6 is 0 Å². The highest BCUT2D eigenvalue weighted by Gasteiger charge is 2.46. The van der Waals surface area contributed by atoms with Gasteiger partial charge in [0.1, 0.15) is 23.7 Å². The average Bonchev–Trinajstić information content (AvgIpc) is 3.12. The summed E-state index contributed by atoms with van der Waals surface area (Å²) in [5.41, 5.74) is -0.164. The third-order valence-corrected chi connectivity index (χ3v) is 5.68. The zero-order valence-corrected chi connectivity index (χ0v) is 17.6. The van der Waals surface area contributed by atoms with E-state index in [9.17, 15) is 14.7 Å². The van der Waals surface area contributed by atoms with E-state index in [4.69, 9.17) is 14.2 Å². The van der Waals surface area contributed by atoms with E-state index >= 15 is 0 Å². The van der Waals surface area contributed by atoms with Gasteiger partial charge in [-0.15, -0.1) is 0 Å². The van der Waals surface area contributed by atoms with Crippen molar-refractivity contribution in [2.45, 2.75) is 31.9 Å². The van der Waals surface area contributed by atoms with E-state index in [0.717, 1.165) is 10.5 Å². The lowest BCUT2D eigenvalue weighted by molar-refractivity contribution is -0.141. The molecule has 3 atom stereocenters. The second-order valence-electron chi connectivity index (χ2n) is 7.56. The van der Waals surface area contributed by atoms with Crippen LogP contribution in [0.1, 0.15) is 25.0 Å². The van der Waals surface area contributed by atoms with Crippen molar-refractivity contribution >= 4 is 12.0 Å². The smallest absolute Gasteiger partial charge is 0.416 e. The first-order valence-corrected chi connectivity index (χ1v) is 9.78. The van der Waals surface area contributed by atoms with Gasteiger partial charge in [-0.2, -0.15) is 0 Å². The summed E-state index contributed by atoms with van der Waals surface area (Å²) >= 11 is 0. The molecule has 1 heterocycles. The van der Waals surface area contributed by atoms with Crippen LogP contribution in [0.3, 0.4) is 0 Å². The number of hydrogen-bond acceptors (Lipinski definition) is 6. The number of hydrogen-bond donors (Lipinski definition) is 1. The van der Waals surface area contributed by atoms with Gasteiger partial charge in [-0.1, -0.05) is 37.3 Å². The third-order valence-electron chi connectivity index (χ3n) is 5.68. The molecule has 0 unspecified atom stereocenters. The Balaban J connectivity index is 1.86. The van der Waals surface area contributed by atoms with Crippen molar-refractivity contribution in [1.82, 2.24) is 4.90 Å². The van der Waals surface area contributed by atoms with E-state index in [1.165, 1.54) is 21.1 Å². The maximum Gasteiger partial charge on any atom is 0.416 e. The van der Waals surface area contributed by atoms with Crippen LogP contribution in [0.5, 0.6) is 11.5 Å². The highest BCUT2D eigenvalue weighted by molar-refractivity contribution is 5.95. The Kier molecular flexibility index (Phi) is 6.31. The zero-order chi connectivity index (χ0) is 21.9. The minimum absolute atomic E-state index is 0.125. The molecule has 7 heteroatoms.